The second-order valence-corrected chi connectivity index (χ2v) is 3.89. The van der Waals surface area contributed by atoms with Crippen molar-refractivity contribution in [3.8, 4) is 0 Å². The van der Waals surface area contributed by atoms with Gasteiger partial charge in [-0.2, -0.15) is 0 Å². The van der Waals surface area contributed by atoms with E-state index in [0.717, 1.165) is 0 Å². The van der Waals surface area contributed by atoms with Gasteiger partial charge in [-0.15, -0.1) is 0 Å². The van der Waals surface area contributed by atoms with Crippen LogP contribution >= 0.6 is 0 Å². The van der Waals surface area contributed by atoms with Gasteiger partial charge in [0.15, 0.2) is 0 Å². The summed E-state index contributed by atoms with van der Waals surface area (Å²) in [5.41, 5.74) is -0.820. The van der Waals surface area contributed by atoms with Gasteiger partial charge in [-0.1, -0.05) is 0 Å². The van der Waals surface area contributed by atoms with Crippen LogP contribution in [0.4, 0.5) is 4.79 Å². The van der Waals surface area contributed by atoms with Gasteiger partial charge in [0.25, 0.3) is 0 Å². The van der Waals surface area contributed by atoms with Gasteiger partial charge in [0, 0.05) is 33.1 Å². The van der Waals surface area contributed by atoms with Crippen molar-refractivity contribution < 1.29 is 19.4 Å². The zero-order valence-corrected chi connectivity index (χ0v) is 9.36. The summed E-state index contributed by atoms with van der Waals surface area (Å²) in [5, 5.41) is 10.1. The minimum atomic E-state index is -0.820. The lowest BCUT2D eigenvalue weighted by Gasteiger charge is -2.34. The molecule has 0 aliphatic carbocycles. The SMILES string of the molecule is CCOC(=O)N(C)CC1(O)CCOCC1. The summed E-state index contributed by atoms with van der Waals surface area (Å²) in [4.78, 5) is 12.7. The highest BCUT2D eigenvalue weighted by Crippen LogP contribution is 2.21. The fourth-order valence-electron chi connectivity index (χ4n) is 1.65. The van der Waals surface area contributed by atoms with E-state index < -0.39 is 11.7 Å². The molecule has 0 aromatic heterocycles. The molecule has 1 amide bonds. The van der Waals surface area contributed by atoms with Crippen molar-refractivity contribution >= 4 is 6.09 Å². The first-order valence-corrected chi connectivity index (χ1v) is 5.25. The summed E-state index contributed by atoms with van der Waals surface area (Å²) in [5.74, 6) is 0. The molecule has 0 atom stereocenters. The van der Waals surface area contributed by atoms with Crippen LogP contribution in [0.25, 0.3) is 0 Å². The molecule has 0 unspecified atom stereocenters. The molecular formula is C10H19NO4. The number of amides is 1. The molecule has 1 fully saturated rings. The summed E-state index contributed by atoms with van der Waals surface area (Å²) in [6.45, 7) is 3.51. The number of carbonyl (C=O) groups excluding carboxylic acids is 1. The second kappa shape index (κ2) is 5.32. The Morgan fingerprint density at radius 1 is 1.53 bits per heavy atom. The number of rotatable bonds is 3. The molecule has 1 aliphatic rings. The molecule has 0 aromatic carbocycles. The molecule has 1 N–H and O–H groups in total. The normalized spacial score (nSPS) is 19.7. The van der Waals surface area contributed by atoms with E-state index in [0.29, 0.717) is 39.2 Å². The van der Waals surface area contributed by atoms with Crippen molar-refractivity contribution in [2.45, 2.75) is 25.4 Å². The molecule has 1 saturated heterocycles. The van der Waals surface area contributed by atoms with Crippen molar-refractivity contribution in [2.24, 2.45) is 0 Å². The molecule has 5 heteroatoms. The molecule has 0 saturated carbocycles. The van der Waals surface area contributed by atoms with E-state index in [1.807, 2.05) is 0 Å². The summed E-state index contributed by atoms with van der Waals surface area (Å²) in [6.07, 6.45) is 0.741. The maximum atomic E-state index is 11.3. The minimum Gasteiger partial charge on any atom is -0.450 e. The Balaban J connectivity index is 2.41. The molecule has 88 valence electrons. The number of carbonyl (C=O) groups is 1. The Morgan fingerprint density at radius 3 is 2.67 bits per heavy atom. The van der Waals surface area contributed by atoms with Gasteiger partial charge in [-0.25, -0.2) is 4.79 Å². The summed E-state index contributed by atoms with van der Waals surface area (Å²) >= 11 is 0. The average Bonchev–Trinajstić information content (AvgIpc) is 2.18. The van der Waals surface area contributed by atoms with Gasteiger partial charge in [-0.3, -0.25) is 0 Å². The maximum absolute atomic E-state index is 11.3. The molecule has 1 heterocycles. The van der Waals surface area contributed by atoms with Crippen LogP contribution in [0, 0.1) is 0 Å². The highest BCUT2D eigenvalue weighted by molar-refractivity contribution is 5.67. The van der Waals surface area contributed by atoms with Crippen molar-refractivity contribution in [3.05, 3.63) is 0 Å². The first kappa shape index (κ1) is 12.3. The van der Waals surface area contributed by atoms with Crippen molar-refractivity contribution in [1.82, 2.24) is 4.90 Å². The molecule has 15 heavy (non-hydrogen) atoms. The highest BCUT2D eigenvalue weighted by Gasteiger charge is 2.32. The van der Waals surface area contributed by atoms with E-state index >= 15 is 0 Å². The van der Waals surface area contributed by atoms with Crippen LogP contribution in [0.5, 0.6) is 0 Å². The number of hydrogen-bond acceptors (Lipinski definition) is 4. The average molecular weight is 217 g/mol. The van der Waals surface area contributed by atoms with Gasteiger partial charge >= 0.3 is 6.09 Å². The number of nitrogens with zero attached hydrogens (tertiary/aromatic N) is 1. The van der Waals surface area contributed by atoms with E-state index in [-0.39, 0.29) is 0 Å². The fraction of sp³-hybridized carbons (Fsp3) is 0.900. The third-order valence-electron chi connectivity index (χ3n) is 2.53. The van der Waals surface area contributed by atoms with Crippen molar-refractivity contribution in [1.29, 1.82) is 0 Å². The lowest BCUT2D eigenvalue weighted by molar-refractivity contribution is -0.0751. The molecule has 0 radical (unpaired) electrons. The Bertz CT molecular complexity index is 213. The molecule has 0 bridgehead atoms. The molecule has 1 aliphatic heterocycles. The third-order valence-corrected chi connectivity index (χ3v) is 2.53. The monoisotopic (exact) mass is 217 g/mol. The van der Waals surface area contributed by atoms with Gasteiger partial charge < -0.3 is 19.5 Å². The van der Waals surface area contributed by atoms with E-state index in [4.69, 9.17) is 9.47 Å². The summed E-state index contributed by atoms with van der Waals surface area (Å²) < 4.78 is 9.99. The Kier molecular flexibility index (Phi) is 4.35. The van der Waals surface area contributed by atoms with Crippen molar-refractivity contribution in [2.75, 3.05) is 33.4 Å². The Hall–Kier alpha value is -0.810. The fourth-order valence-corrected chi connectivity index (χ4v) is 1.65. The first-order valence-electron chi connectivity index (χ1n) is 5.25. The van der Waals surface area contributed by atoms with Crippen LogP contribution in [0.15, 0.2) is 0 Å². The van der Waals surface area contributed by atoms with Gasteiger partial charge in [0.1, 0.15) is 0 Å². The van der Waals surface area contributed by atoms with Crippen LogP contribution in [0.2, 0.25) is 0 Å². The lowest BCUT2D eigenvalue weighted by atomic mass is 9.94. The third kappa shape index (κ3) is 3.68. The molecule has 1 rings (SSSR count). The predicted octanol–water partition coefficient (Wildman–Crippen LogP) is 0.616. The summed E-state index contributed by atoms with van der Waals surface area (Å²) in [6, 6.07) is 0. The van der Waals surface area contributed by atoms with Gasteiger partial charge in [-0.05, 0) is 6.92 Å². The largest absolute Gasteiger partial charge is 0.450 e. The lowest BCUT2D eigenvalue weighted by Crippen LogP contribution is -2.47. The Labute approximate surface area is 90.0 Å². The number of ether oxygens (including phenoxy) is 2. The maximum Gasteiger partial charge on any atom is 0.409 e. The molecule has 5 nitrogen and oxygen atoms in total. The molecular weight excluding hydrogens is 198 g/mol. The smallest absolute Gasteiger partial charge is 0.409 e. The first-order chi connectivity index (χ1) is 7.07. The topological polar surface area (TPSA) is 59.0 Å². The summed E-state index contributed by atoms with van der Waals surface area (Å²) in [7, 11) is 1.63. The van der Waals surface area contributed by atoms with E-state index in [9.17, 15) is 9.90 Å². The van der Waals surface area contributed by atoms with Crippen molar-refractivity contribution in [3.63, 3.8) is 0 Å². The van der Waals surface area contributed by atoms with E-state index in [1.54, 1.807) is 14.0 Å². The van der Waals surface area contributed by atoms with Crippen LogP contribution in [0.1, 0.15) is 19.8 Å². The highest BCUT2D eigenvalue weighted by atomic mass is 16.6. The number of hydrogen-bond donors (Lipinski definition) is 1. The van der Waals surface area contributed by atoms with Gasteiger partial charge in [0.2, 0.25) is 0 Å². The van der Waals surface area contributed by atoms with Crippen LogP contribution in [-0.4, -0.2) is 55.1 Å². The van der Waals surface area contributed by atoms with E-state index in [1.165, 1.54) is 4.90 Å². The van der Waals surface area contributed by atoms with Gasteiger partial charge in [0.05, 0.1) is 18.8 Å². The molecule has 0 aromatic rings. The number of likely N-dealkylation sites (N-methyl/N-ethyl adjacent to an activating group) is 1. The quantitative estimate of drug-likeness (QED) is 0.752. The van der Waals surface area contributed by atoms with Crippen LogP contribution in [-0.2, 0) is 9.47 Å². The minimum absolute atomic E-state index is 0.301. The standard InChI is InChI=1S/C10H19NO4/c1-3-15-9(12)11(2)8-10(13)4-6-14-7-5-10/h13H,3-8H2,1-2H3. The van der Waals surface area contributed by atoms with Crippen LogP contribution in [0.3, 0.4) is 0 Å². The second-order valence-electron chi connectivity index (χ2n) is 3.89. The number of aliphatic hydroxyl groups is 1. The molecule has 0 spiro atoms. The predicted molar refractivity (Wildman–Crippen MR) is 54.7 cm³/mol. The zero-order chi connectivity index (χ0) is 11.3. The zero-order valence-electron chi connectivity index (χ0n) is 9.36. The van der Waals surface area contributed by atoms with Crippen LogP contribution < -0.4 is 0 Å². The Morgan fingerprint density at radius 2 is 2.13 bits per heavy atom. The van der Waals surface area contributed by atoms with E-state index in [2.05, 4.69) is 0 Å².